The number of carbonyl (C=O) groups excluding carboxylic acids is 2. The fourth-order valence-electron chi connectivity index (χ4n) is 8.09. The Morgan fingerprint density at radius 1 is 0.429 bits per heavy atom. The van der Waals surface area contributed by atoms with E-state index in [9.17, 15) is 9.59 Å². The average Bonchev–Trinajstić information content (AvgIpc) is 4.02. The highest BCUT2D eigenvalue weighted by Gasteiger charge is 2.53. The molecule has 8 atom stereocenters. The molecule has 4 rings (SSSR count). The van der Waals surface area contributed by atoms with Crippen LogP contribution in [0, 0.1) is 11.8 Å². The number of esters is 2. The van der Waals surface area contributed by atoms with E-state index in [1.54, 1.807) is 0 Å². The Morgan fingerprint density at radius 3 is 1.08 bits per heavy atom. The zero-order valence-corrected chi connectivity index (χ0v) is 31.7. The summed E-state index contributed by atoms with van der Waals surface area (Å²) in [7, 11) is 0. The molecule has 1 saturated carbocycles. The SMILES string of the molecule is CCCCCC1OC1CCCCCCCCCCOC(=O)C1CC2OC2CC1C(=O)OCCCCCCCCCCC1OC1CCCCC. The van der Waals surface area contributed by atoms with E-state index in [-0.39, 0.29) is 24.1 Å². The Kier molecular flexibility index (Phi) is 20.0. The lowest BCUT2D eigenvalue weighted by Gasteiger charge is -2.26. The standard InChI is InChI=1S/C42H74O7/c1-3-5-19-25-35-37(47-35)27-21-15-11-7-9-13-17-23-29-45-41(43)33-31-39-40(49-39)32-34(33)42(44)46-30-24-18-14-10-8-12-16-22-28-38-36(48-38)26-20-6-4-2/h33-40H,3-32H2,1-2H3. The predicted molar refractivity (Wildman–Crippen MR) is 196 cm³/mol. The van der Waals surface area contributed by atoms with Gasteiger partial charge in [-0.1, -0.05) is 142 Å². The summed E-state index contributed by atoms with van der Waals surface area (Å²) >= 11 is 0. The van der Waals surface area contributed by atoms with E-state index in [1.165, 1.54) is 141 Å². The summed E-state index contributed by atoms with van der Waals surface area (Å²) in [6.07, 6.45) is 35.8. The lowest BCUT2D eigenvalue weighted by atomic mass is 9.79. The highest BCUT2D eigenvalue weighted by Crippen LogP contribution is 2.44. The van der Waals surface area contributed by atoms with Crippen LogP contribution >= 0.6 is 0 Å². The van der Waals surface area contributed by atoms with Gasteiger partial charge in [-0.2, -0.15) is 0 Å². The molecule has 49 heavy (non-hydrogen) atoms. The van der Waals surface area contributed by atoms with Crippen LogP contribution in [0.4, 0.5) is 0 Å². The summed E-state index contributed by atoms with van der Waals surface area (Å²) in [5, 5.41) is 0. The molecule has 0 amide bonds. The lowest BCUT2D eigenvalue weighted by Crippen LogP contribution is -2.37. The van der Waals surface area contributed by atoms with Crippen LogP contribution in [0.1, 0.15) is 194 Å². The highest BCUT2D eigenvalue weighted by atomic mass is 16.6. The summed E-state index contributed by atoms with van der Waals surface area (Å²) in [6, 6.07) is 0. The maximum absolute atomic E-state index is 13.0. The Bertz CT molecular complexity index is 824. The second-order valence-electron chi connectivity index (χ2n) is 15.9. The summed E-state index contributed by atoms with van der Waals surface area (Å²) in [4.78, 5) is 26.0. The van der Waals surface area contributed by atoms with Crippen molar-refractivity contribution in [3.63, 3.8) is 0 Å². The third-order valence-corrected chi connectivity index (χ3v) is 11.6. The zero-order chi connectivity index (χ0) is 34.5. The molecule has 0 radical (unpaired) electrons. The van der Waals surface area contributed by atoms with Crippen LogP contribution in [0.15, 0.2) is 0 Å². The molecular weight excluding hydrogens is 616 g/mol. The van der Waals surface area contributed by atoms with Crippen LogP contribution in [0.3, 0.4) is 0 Å². The van der Waals surface area contributed by atoms with E-state index in [0.29, 0.717) is 50.5 Å². The van der Waals surface area contributed by atoms with Crippen molar-refractivity contribution in [1.29, 1.82) is 0 Å². The first kappa shape index (κ1) is 40.6. The lowest BCUT2D eigenvalue weighted by molar-refractivity contribution is -0.162. The molecule has 1 aliphatic carbocycles. The number of hydrogen-bond donors (Lipinski definition) is 0. The van der Waals surface area contributed by atoms with Gasteiger partial charge in [-0.15, -0.1) is 0 Å². The van der Waals surface area contributed by atoms with Crippen LogP contribution in [-0.2, 0) is 33.3 Å². The normalized spacial score (nSPS) is 28.2. The van der Waals surface area contributed by atoms with Crippen LogP contribution in [0.2, 0.25) is 0 Å². The van der Waals surface area contributed by atoms with Crippen molar-refractivity contribution in [3.05, 3.63) is 0 Å². The minimum Gasteiger partial charge on any atom is -0.465 e. The summed E-state index contributed by atoms with van der Waals surface area (Å²) in [5.41, 5.74) is 0. The summed E-state index contributed by atoms with van der Waals surface area (Å²) < 4.78 is 28.7. The molecule has 284 valence electrons. The largest absolute Gasteiger partial charge is 0.465 e. The number of rotatable bonds is 32. The Hall–Kier alpha value is -1.18. The van der Waals surface area contributed by atoms with Gasteiger partial charge in [0.25, 0.3) is 0 Å². The van der Waals surface area contributed by atoms with Crippen LogP contribution in [-0.4, -0.2) is 61.8 Å². The van der Waals surface area contributed by atoms with Crippen molar-refractivity contribution in [2.24, 2.45) is 11.8 Å². The maximum atomic E-state index is 13.0. The number of epoxide rings is 3. The number of ether oxygens (including phenoxy) is 5. The van der Waals surface area contributed by atoms with E-state index in [4.69, 9.17) is 23.7 Å². The maximum Gasteiger partial charge on any atom is 0.309 e. The molecule has 4 fully saturated rings. The van der Waals surface area contributed by atoms with Crippen LogP contribution in [0.5, 0.6) is 0 Å². The minimum atomic E-state index is -0.428. The first-order valence-electron chi connectivity index (χ1n) is 21.4. The molecule has 8 unspecified atom stereocenters. The Balaban J connectivity index is 0.921. The van der Waals surface area contributed by atoms with Gasteiger partial charge in [0.05, 0.1) is 61.7 Å². The third kappa shape index (κ3) is 16.8. The van der Waals surface area contributed by atoms with Gasteiger partial charge in [0.1, 0.15) is 0 Å². The van der Waals surface area contributed by atoms with E-state index in [1.807, 2.05) is 0 Å². The number of fused-ring (bicyclic) bond motifs is 1. The third-order valence-electron chi connectivity index (χ3n) is 11.6. The van der Waals surface area contributed by atoms with Gasteiger partial charge in [-0.25, -0.2) is 0 Å². The smallest absolute Gasteiger partial charge is 0.309 e. The summed E-state index contributed by atoms with van der Waals surface area (Å²) in [6.45, 7) is 5.40. The van der Waals surface area contributed by atoms with E-state index in [0.717, 1.165) is 25.7 Å². The minimum absolute atomic E-state index is 0.111. The number of carbonyl (C=O) groups is 2. The van der Waals surface area contributed by atoms with Crippen molar-refractivity contribution in [3.8, 4) is 0 Å². The van der Waals surface area contributed by atoms with Crippen molar-refractivity contribution >= 4 is 11.9 Å². The molecule has 0 aromatic carbocycles. The van der Waals surface area contributed by atoms with Gasteiger partial charge in [0.2, 0.25) is 0 Å². The van der Waals surface area contributed by atoms with Crippen molar-refractivity contribution < 1.29 is 33.3 Å². The van der Waals surface area contributed by atoms with Crippen molar-refractivity contribution in [1.82, 2.24) is 0 Å². The van der Waals surface area contributed by atoms with E-state index < -0.39 is 11.8 Å². The Morgan fingerprint density at radius 2 is 0.735 bits per heavy atom. The molecule has 3 aliphatic heterocycles. The molecule has 0 N–H and O–H groups in total. The van der Waals surface area contributed by atoms with Gasteiger partial charge in [0.15, 0.2) is 0 Å². The van der Waals surface area contributed by atoms with Crippen LogP contribution < -0.4 is 0 Å². The fourth-order valence-corrected chi connectivity index (χ4v) is 8.09. The molecular formula is C42H74O7. The van der Waals surface area contributed by atoms with Gasteiger partial charge in [-0.3, -0.25) is 9.59 Å². The molecule has 4 aliphatic rings. The number of unbranched alkanes of at least 4 members (excludes halogenated alkanes) is 18. The summed E-state index contributed by atoms with van der Waals surface area (Å²) in [5.74, 6) is -1.33. The molecule has 7 heteroatoms. The molecule has 3 heterocycles. The van der Waals surface area contributed by atoms with Crippen molar-refractivity contribution in [2.45, 2.75) is 230 Å². The molecule has 0 spiro atoms. The van der Waals surface area contributed by atoms with Gasteiger partial charge in [0, 0.05) is 0 Å². The van der Waals surface area contributed by atoms with Gasteiger partial charge in [-0.05, 0) is 51.4 Å². The first-order chi connectivity index (χ1) is 24.1. The first-order valence-corrected chi connectivity index (χ1v) is 21.4. The van der Waals surface area contributed by atoms with Crippen molar-refractivity contribution in [2.75, 3.05) is 13.2 Å². The monoisotopic (exact) mass is 691 g/mol. The molecule has 3 saturated heterocycles. The second kappa shape index (κ2) is 24.1. The topological polar surface area (TPSA) is 90.2 Å². The average molecular weight is 691 g/mol. The highest BCUT2D eigenvalue weighted by molar-refractivity contribution is 5.82. The molecule has 0 aromatic heterocycles. The Labute approximate surface area is 300 Å². The van der Waals surface area contributed by atoms with Gasteiger partial charge < -0.3 is 23.7 Å². The van der Waals surface area contributed by atoms with Gasteiger partial charge >= 0.3 is 11.9 Å². The van der Waals surface area contributed by atoms with E-state index >= 15 is 0 Å². The fraction of sp³-hybridized carbons (Fsp3) is 0.952. The van der Waals surface area contributed by atoms with E-state index in [2.05, 4.69) is 13.8 Å². The molecule has 0 aromatic rings. The quantitative estimate of drug-likeness (QED) is 0.0394. The predicted octanol–water partition coefficient (Wildman–Crippen LogP) is 10.6. The zero-order valence-electron chi connectivity index (χ0n) is 31.7. The van der Waals surface area contributed by atoms with Crippen LogP contribution in [0.25, 0.3) is 0 Å². The second-order valence-corrected chi connectivity index (χ2v) is 15.9. The molecule has 7 nitrogen and oxygen atoms in total. The molecule has 0 bridgehead atoms. The number of hydrogen-bond acceptors (Lipinski definition) is 7.